The van der Waals surface area contributed by atoms with E-state index in [2.05, 4.69) is 11.1 Å². The predicted octanol–water partition coefficient (Wildman–Crippen LogP) is 0.210. The fraction of sp³-hybridized carbons (Fsp3) is 0.625. The molecule has 1 aliphatic heterocycles. The molecule has 1 rings (SSSR count). The molecule has 4 nitrogen and oxygen atoms in total. The summed E-state index contributed by atoms with van der Waals surface area (Å²) in [4.78, 5) is 6.28. The van der Waals surface area contributed by atoms with E-state index in [1.165, 1.54) is 0 Å². The molecule has 0 radical (unpaired) electrons. The van der Waals surface area contributed by atoms with Crippen molar-refractivity contribution in [3.8, 4) is 0 Å². The summed E-state index contributed by atoms with van der Waals surface area (Å²) in [5.41, 5.74) is 0. The first-order valence-corrected chi connectivity index (χ1v) is 3.97. The van der Waals surface area contributed by atoms with Gasteiger partial charge in [-0.2, -0.15) is 0 Å². The van der Waals surface area contributed by atoms with Crippen molar-refractivity contribution < 1.29 is 0 Å². The second kappa shape index (κ2) is 3.58. The van der Waals surface area contributed by atoms with E-state index < -0.39 is 0 Å². The molecule has 0 saturated heterocycles. The topological polar surface area (TPSA) is 22.1 Å². The lowest BCUT2D eigenvalue weighted by atomic mass is 10.4. The molecule has 0 amide bonds. The predicted molar refractivity (Wildman–Crippen MR) is 50.7 cm³/mol. The SMILES string of the molecule is CN(C)C1=CCN(N(C)C)C=N1. The Morgan fingerprint density at radius 2 is 2.00 bits per heavy atom. The molecular formula is C8H16N4. The van der Waals surface area contributed by atoms with Crippen LogP contribution in [0.15, 0.2) is 16.9 Å². The minimum atomic E-state index is 0.893. The van der Waals surface area contributed by atoms with E-state index in [-0.39, 0.29) is 0 Å². The molecule has 0 fully saturated rings. The smallest absolute Gasteiger partial charge is 0.127 e. The molecule has 1 aliphatic rings. The van der Waals surface area contributed by atoms with Gasteiger partial charge in [0.2, 0.25) is 0 Å². The van der Waals surface area contributed by atoms with Crippen LogP contribution >= 0.6 is 0 Å². The van der Waals surface area contributed by atoms with Crippen LogP contribution in [0.5, 0.6) is 0 Å². The van der Waals surface area contributed by atoms with Crippen molar-refractivity contribution >= 4 is 6.34 Å². The summed E-state index contributed by atoms with van der Waals surface area (Å²) in [5.74, 6) is 1.02. The summed E-state index contributed by atoms with van der Waals surface area (Å²) >= 11 is 0. The molecule has 0 aliphatic carbocycles. The van der Waals surface area contributed by atoms with E-state index in [0.717, 1.165) is 12.4 Å². The zero-order chi connectivity index (χ0) is 9.14. The lowest BCUT2D eigenvalue weighted by molar-refractivity contribution is 0.129. The highest BCUT2D eigenvalue weighted by Crippen LogP contribution is 2.05. The standard InChI is InChI=1S/C8H16N4/c1-10(2)8-5-6-12(7-9-8)11(3)4/h5,7H,6H2,1-4H3. The molecule has 0 aromatic carbocycles. The Kier molecular flexibility index (Phi) is 2.70. The van der Waals surface area contributed by atoms with Crippen LogP contribution in [0.1, 0.15) is 0 Å². The van der Waals surface area contributed by atoms with E-state index >= 15 is 0 Å². The molecule has 0 aromatic rings. The van der Waals surface area contributed by atoms with Gasteiger partial charge in [-0.25, -0.2) is 10.0 Å². The lowest BCUT2D eigenvalue weighted by Gasteiger charge is -2.28. The van der Waals surface area contributed by atoms with Gasteiger partial charge in [0.25, 0.3) is 0 Å². The van der Waals surface area contributed by atoms with Gasteiger partial charge >= 0.3 is 0 Å². The van der Waals surface area contributed by atoms with Crippen molar-refractivity contribution in [3.63, 3.8) is 0 Å². The number of nitrogens with zero attached hydrogens (tertiary/aromatic N) is 4. The van der Waals surface area contributed by atoms with E-state index in [4.69, 9.17) is 0 Å². The fourth-order valence-electron chi connectivity index (χ4n) is 0.965. The molecule has 0 N–H and O–H groups in total. The molecule has 12 heavy (non-hydrogen) atoms. The van der Waals surface area contributed by atoms with Gasteiger partial charge in [0.15, 0.2) is 0 Å². The molecule has 0 unspecified atom stereocenters. The maximum atomic E-state index is 4.28. The van der Waals surface area contributed by atoms with Crippen LogP contribution in [0, 0.1) is 0 Å². The van der Waals surface area contributed by atoms with Gasteiger partial charge in [-0.1, -0.05) is 0 Å². The monoisotopic (exact) mass is 168 g/mol. The number of rotatable bonds is 2. The van der Waals surface area contributed by atoms with Crippen LogP contribution in [0.3, 0.4) is 0 Å². The molecular weight excluding hydrogens is 152 g/mol. The molecule has 0 bridgehead atoms. The Hall–Kier alpha value is -1.03. The first-order chi connectivity index (χ1) is 5.61. The minimum Gasteiger partial charge on any atom is -0.363 e. The minimum absolute atomic E-state index is 0.893. The van der Waals surface area contributed by atoms with Crippen LogP contribution in [0.25, 0.3) is 0 Å². The van der Waals surface area contributed by atoms with Crippen molar-refractivity contribution in [1.29, 1.82) is 0 Å². The summed E-state index contributed by atoms with van der Waals surface area (Å²) in [5, 5.41) is 4.04. The zero-order valence-corrected chi connectivity index (χ0v) is 8.15. The van der Waals surface area contributed by atoms with Gasteiger partial charge in [-0.15, -0.1) is 0 Å². The van der Waals surface area contributed by atoms with Gasteiger partial charge in [0.05, 0.1) is 6.54 Å². The van der Waals surface area contributed by atoms with Crippen LogP contribution in [-0.4, -0.2) is 56.0 Å². The van der Waals surface area contributed by atoms with Crippen molar-refractivity contribution in [2.45, 2.75) is 0 Å². The Bertz CT molecular complexity index is 205. The summed E-state index contributed by atoms with van der Waals surface area (Å²) in [6, 6.07) is 0. The average Bonchev–Trinajstić information content (AvgIpc) is 2.04. The average molecular weight is 168 g/mol. The number of hydrogen-bond acceptors (Lipinski definition) is 4. The van der Waals surface area contributed by atoms with Crippen LogP contribution < -0.4 is 0 Å². The van der Waals surface area contributed by atoms with Gasteiger partial charge in [0.1, 0.15) is 12.2 Å². The molecule has 4 heteroatoms. The van der Waals surface area contributed by atoms with E-state index in [9.17, 15) is 0 Å². The Morgan fingerprint density at radius 1 is 1.33 bits per heavy atom. The quantitative estimate of drug-likeness (QED) is 0.588. The first kappa shape index (κ1) is 9.06. The third-order valence-electron chi connectivity index (χ3n) is 1.76. The molecule has 0 atom stereocenters. The molecule has 0 spiro atoms. The summed E-state index contributed by atoms with van der Waals surface area (Å²) in [6.07, 6.45) is 3.94. The summed E-state index contributed by atoms with van der Waals surface area (Å²) in [6.45, 7) is 0.893. The third-order valence-corrected chi connectivity index (χ3v) is 1.76. The van der Waals surface area contributed by atoms with Gasteiger partial charge in [-0.05, 0) is 6.08 Å². The van der Waals surface area contributed by atoms with Crippen molar-refractivity contribution in [2.75, 3.05) is 34.7 Å². The van der Waals surface area contributed by atoms with E-state index in [1.807, 2.05) is 49.4 Å². The largest absolute Gasteiger partial charge is 0.363 e. The second-order valence-corrected chi connectivity index (χ2v) is 3.17. The number of aliphatic imine (C=N–C) groups is 1. The normalized spacial score (nSPS) is 16.8. The van der Waals surface area contributed by atoms with Crippen LogP contribution in [0.2, 0.25) is 0 Å². The molecule has 68 valence electrons. The third kappa shape index (κ3) is 1.98. The maximum absolute atomic E-state index is 4.28. The van der Waals surface area contributed by atoms with E-state index in [0.29, 0.717) is 0 Å². The molecule has 0 aromatic heterocycles. The van der Waals surface area contributed by atoms with Gasteiger partial charge in [0, 0.05) is 28.2 Å². The van der Waals surface area contributed by atoms with Gasteiger partial charge in [-0.3, -0.25) is 5.01 Å². The summed E-state index contributed by atoms with van der Waals surface area (Å²) < 4.78 is 0. The Labute approximate surface area is 73.7 Å². The Morgan fingerprint density at radius 3 is 2.33 bits per heavy atom. The van der Waals surface area contributed by atoms with Crippen molar-refractivity contribution in [3.05, 3.63) is 11.9 Å². The van der Waals surface area contributed by atoms with Gasteiger partial charge < -0.3 is 4.90 Å². The van der Waals surface area contributed by atoms with Crippen LogP contribution in [-0.2, 0) is 0 Å². The number of hydrazine groups is 1. The molecule has 0 saturated carbocycles. The van der Waals surface area contributed by atoms with E-state index in [1.54, 1.807) is 0 Å². The highest BCUT2D eigenvalue weighted by molar-refractivity contribution is 5.57. The number of hydrogen-bond donors (Lipinski definition) is 0. The highest BCUT2D eigenvalue weighted by Gasteiger charge is 2.07. The summed E-state index contributed by atoms with van der Waals surface area (Å²) in [7, 11) is 7.99. The molecule has 1 heterocycles. The second-order valence-electron chi connectivity index (χ2n) is 3.17. The first-order valence-electron chi connectivity index (χ1n) is 3.97. The van der Waals surface area contributed by atoms with Crippen molar-refractivity contribution in [1.82, 2.24) is 14.9 Å². The fourth-order valence-corrected chi connectivity index (χ4v) is 0.965. The van der Waals surface area contributed by atoms with Crippen LogP contribution in [0.4, 0.5) is 0 Å². The maximum Gasteiger partial charge on any atom is 0.127 e. The zero-order valence-electron chi connectivity index (χ0n) is 8.15. The Balaban J connectivity index is 2.55. The highest BCUT2D eigenvalue weighted by atomic mass is 15.6. The lowest BCUT2D eigenvalue weighted by Crippen LogP contribution is -2.38. The van der Waals surface area contributed by atoms with Crippen molar-refractivity contribution in [2.24, 2.45) is 4.99 Å².